The summed E-state index contributed by atoms with van der Waals surface area (Å²) in [6.07, 6.45) is 2.70. The van der Waals surface area contributed by atoms with Crippen molar-refractivity contribution < 1.29 is 13.6 Å². The van der Waals surface area contributed by atoms with Gasteiger partial charge in [0.1, 0.15) is 11.6 Å². The van der Waals surface area contributed by atoms with Crippen molar-refractivity contribution in [2.24, 2.45) is 11.8 Å². The van der Waals surface area contributed by atoms with Gasteiger partial charge in [0.05, 0.1) is 0 Å². The topological polar surface area (TPSA) is 41.1 Å². The van der Waals surface area contributed by atoms with E-state index < -0.39 is 5.82 Å². The maximum Gasteiger partial charge on any atom is 0.224 e. The Morgan fingerprint density at radius 3 is 2.62 bits per heavy atom. The summed E-state index contributed by atoms with van der Waals surface area (Å²) in [5.41, 5.74) is 1.74. The van der Waals surface area contributed by atoms with E-state index in [1.807, 2.05) is 0 Å². The van der Waals surface area contributed by atoms with Gasteiger partial charge in [0.2, 0.25) is 5.91 Å². The normalized spacial score (nSPS) is 18.3. The zero-order valence-electron chi connectivity index (χ0n) is 14.9. The van der Waals surface area contributed by atoms with Crippen LogP contribution in [0.2, 0.25) is 0 Å². The molecule has 2 atom stereocenters. The number of amides is 1. The van der Waals surface area contributed by atoms with Crippen LogP contribution >= 0.6 is 0 Å². The molecule has 2 aromatic rings. The lowest BCUT2D eigenvalue weighted by molar-refractivity contribution is -0.117. The number of hydrogen-bond acceptors (Lipinski definition) is 2. The van der Waals surface area contributed by atoms with Gasteiger partial charge in [0.25, 0.3) is 0 Å². The summed E-state index contributed by atoms with van der Waals surface area (Å²) in [6, 6.07) is 10.0. The second-order valence-electron chi connectivity index (χ2n) is 7.03. The molecule has 3 rings (SSSR count). The van der Waals surface area contributed by atoms with E-state index in [1.54, 1.807) is 18.2 Å². The Morgan fingerprint density at radius 2 is 1.92 bits per heavy atom. The third kappa shape index (κ3) is 4.67. The Hall–Kier alpha value is -2.27. The summed E-state index contributed by atoms with van der Waals surface area (Å²) in [6.45, 7) is 4.10. The second kappa shape index (κ2) is 8.41. The number of anilines is 1. The van der Waals surface area contributed by atoms with Crippen molar-refractivity contribution in [3.63, 3.8) is 0 Å². The van der Waals surface area contributed by atoms with Crippen molar-refractivity contribution in [2.75, 3.05) is 18.4 Å². The third-order valence-corrected chi connectivity index (χ3v) is 5.06. The van der Waals surface area contributed by atoms with Crippen molar-refractivity contribution in [1.29, 1.82) is 0 Å². The van der Waals surface area contributed by atoms with Gasteiger partial charge in [0.15, 0.2) is 0 Å². The predicted molar refractivity (Wildman–Crippen MR) is 99.8 cm³/mol. The Labute approximate surface area is 152 Å². The van der Waals surface area contributed by atoms with Gasteiger partial charge in [-0.3, -0.25) is 4.79 Å². The fourth-order valence-corrected chi connectivity index (χ4v) is 3.52. The molecule has 1 fully saturated rings. The molecule has 0 aliphatic carbocycles. The van der Waals surface area contributed by atoms with Gasteiger partial charge >= 0.3 is 0 Å². The Balaban J connectivity index is 1.72. The minimum absolute atomic E-state index is 0.0851. The lowest BCUT2D eigenvalue weighted by atomic mass is 9.85. The average Bonchev–Trinajstić information content (AvgIpc) is 2.64. The van der Waals surface area contributed by atoms with E-state index in [2.05, 4.69) is 17.6 Å². The minimum Gasteiger partial charge on any atom is -0.326 e. The Morgan fingerprint density at radius 1 is 1.19 bits per heavy atom. The number of piperidine rings is 1. The number of benzene rings is 2. The molecule has 0 bridgehead atoms. The molecule has 5 heteroatoms. The van der Waals surface area contributed by atoms with Crippen LogP contribution in [0, 0.1) is 23.5 Å². The van der Waals surface area contributed by atoms with Gasteiger partial charge in [-0.15, -0.1) is 0 Å². The first-order valence-corrected chi connectivity index (χ1v) is 9.09. The van der Waals surface area contributed by atoms with Gasteiger partial charge in [-0.25, -0.2) is 8.78 Å². The number of hydrogen-bond donors (Lipinski definition) is 2. The highest BCUT2D eigenvalue weighted by atomic mass is 19.1. The van der Waals surface area contributed by atoms with Crippen LogP contribution in [0.25, 0.3) is 11.1 Å². The SMILES string of the molecule is CC(CC(=O)Nc1ccc(F)cc1-c1ccc(F)cc1)C1CCCNC1. The molecule has 0 spiro atoms. The van der Waals surface area contributed by atoms with Crippen LogP contribution in [-0.2, 0) is 4.79 Å². The first-order valence-electron chi connectivity index (χ1n) is 9.09. The maximum atomic E-state index is 13.7. The van der Waals surface area contributed by atoms with Gasteiger partial charge in [0, 0.05) is 17.7 Å². The van der Waals surface area contributed by atoms with E-state index in [-0.39, 0.29) is 17.6 Å². The maximum absolute atomic E-state index is 13.7. The summed E-state index contributed by atoms with van der Waals surface area (Å²) < 4.78 is 26.9. The van der Waals surface area contributed by atoms with Crippen LogP contribution in [-0.4, -0.2) is 19.0 Å². The second-order valence-corrected chi connectivity index (χ2v) is 7.03. The summed E-state index contributed by atoms with van der Waals surface area (Å²) in [5, 5.41) is 6.28. The molecular formula is C21H24F2N2O. The lowest BCUT2D eigenvalue weighted by Crippen LogP contribution is -2.34. The van der Waals surface area contributed by atoms with Crippen LogP contribution in [0.1, 0.15) is 26.2 Å². The van der Waals surface area contributed by atoms with Crippen LogP contribution in [0.4, 0.5) is 14.5 Å². The van der Waals surface area contributed by atoms with Crippen molar-refractivity contribution in [2.45, 2.75) is 26.2 Å². The first kappa shape index (κ1) is 18.5. The zero-order chi connectivity index (χ0) is 18.5. The van der Waals surface area contributed by atoms with Crippen LogP contribution in [0.3, 0.4) is 0 Å². The molecule has 0 radical (unpaired) electrons. The summed E-state index contributed by atoms with van der Waals surface area (Å²) in [7, 11) is 0. The molecule has 1 heterocycles. The molecule has 2 aromatic carbocycles. The minimum atomic E-state index is -0.399. The van der Waals surface area contributed by atoms with Gasteiger partial charge in [-0.2, -0.15) is 0 Å². The van der Waals surface area contributed by atoms with Crippen molar-refractivity contribution in [1.82, 2.24) is 5.32 Å². The highest BCUT2D eigenvalue weighted by Gasteiger charge is 2.22. The number of nitrogens with one attached hydrogen (secondary N) is 2. The van der Waals surface area contributed by atoms with E-state index in [0.717, 1.165) is 25.9 Å². The third-order valence-electron chi connectivity index (χ3n) is 5.06. The first-order chi connectivity index (χ1) is 12.5. The predicted octanol–water partition coefficient (Wildman–Crippen LogP) is 4.60. The number of carbonyl (C=O) groups is 1. The molecule has 2 unspecified atom stereocenters. The molecule has 0 saturated carbocycles. The van der Waals surface area contributed by atoms with Gasteiger partial charge < -0.3 is 10.6 Å². The number of halogens is 2. The molecule has 2 N–H and O–H groups in total. The molecule has 1 aliphatic rings. The Bertz CT molecular complexity index is 755. The largest absolute Gasteiger partial charge is 0.326 e. The molecule has 1 aliphatic heterocycles. The van der Waals surface area contributed by atoms with Crippen LogP contribution in [0.5, 0.6) is 0 Å². The quantitative estimate of drug-likeness (QED) is 0.820. The molecule has 1 saturated heterocycles. The van der Waals surface area contributed by atoms with Crippen molar-refractivity contribution in [3.8, 4) is 11.1 Å². The van der Waals surface area contributed by atoms with Crippen LogP contribution in [0.15, 0.2) is 42.5 Å². The standard InChI is InChI=1S/C21H24F2N2O/c1-14(16-3-2-10-24-13-16)11-21(26)25-20-9-8-18(23)12-19(20)15-4-6-17(22)7-5-15/h4-9,12,14,16,24H,2-3,10-11,13H2,1H3,(H,25,26). The highest BCUT2D eigenvalue weighted by molar-refractivity contribution is 5.95. The van der Waals surface area contributed by atoms with E-state index in [4.69, 9.17) is 0 Å². The summed E-state index contributed by atoms with van der Waals surface area (Å²) >= 11 is 0. The fraction of sp³-hybridized carbons (Fsp3) is 0.381. The van der Waals surface area contributed by atoms with Crippen molar-refractivity contribution in [3.05, 3.63) is 54.1 Å². The van der Waals surface area contributed by atoms with Crippen LogP contribution < -0.4 is 10.6 Å². The number of rotatable bonds is 5. The summed E-state index contributed by atoms with van der Waals surface area (Å²) in [5.74, 6) is -0.0653. The summed E-state index contributed by atoms with van der Waals surface area (Å²) in [4.78, 5) is 12.5. The monoisotopic (exact) mass is 358 g/mol. The highest BCUT2D eigenvalue weighted by Crippen LogP contribution is 2.30. The molecule has 0 aromatic heterocycles. The molecule has 3 nitrogen and oxygen atoms in total. The van der Waals surface area contributed by atoms with E-state index >= 15 is 0 Å². The fourth-order valence-electron chi connectivity index (χ4n) is 3.52. The van der Waals surface area contributed by atoms with E-state index in [0.29, 0.717) is 29.2 Å². The average molecular weight is 358 g/mol. The lowest BCUT2D eigenvalue weighted by Gasteiger charge is -2.28. The number of carbonyl (C=O) groups excluding carboxylic acids is 1. The Kier molecular flexibility index (Phi) is 5.99. The molecule has 26 heavy (non-hydrogen) atoms. The van der Waals surface area contributed by atoms with Crippen molar-refractivity contribution >= 4 is 11.6 Å². The molecule has 138 valence electrons. The van der Waals surface area contributed by atoms with Gasteiger partial charge in [-0.05, 0) is 73.7 Å². The van der Waals surface area contributed by atoms with E-state index in [1.165, 1.54) is 24.3 Å². The molecular weight excluding hydrogens is 334 g/mol. The smallest absolute Gasteiger partial charge is 0.224 e. The zero-order valence-corrected chi connectivity index (χ0v) is 14.9. The van der Waals surface area contributed by atoms with E-state index in [9.17, 15) is 13.6 Å². The molecule has 1 amide bonds. The van der Waals surface area contributed by atoms with Gasteiger partial charge in [-0.1, -0.05) is 19.1 Å².